The molecule has 0 atom stereocenters. The van der Waals surface area contributed by atoms with Crippen LogP contribution in [-0.4, -0.2) is 18.0 Å². The number of anilines is 1. The van der Waals surface area contributed by atoms with E-state index in [4.69, 9.17) is 5.26 Å². The Kier molecular flexibility index (Phi) is 7.98. The van der Waals surface area contributed by atoms with Gasteiger partial charge in [-0.3, -0.25) is 10.1 Å². The second kappa shape index (κ2) is 9.78. The van der Waals surface area contributed by atoms with Crippen molar-refractivity contribution in [3.05, 3.63) is 33.9 Å². The lowest BCUT2D eigenvalue weighted by atomic mass is 10.1. The summed E-state index contributed by atoms with van der Waals surface area (Å²) in [6, 6.07) is 6.80. The molecule has 5 heteroatoms. The highest BCUT2D eigenvalue weighted by atomic mass is 16.6. The van der Waals surface area contributed by atoms with Gasteiger partial charge in [-0.2, -0.15) is 5.26 Å². The van der Waals surface area contributed by atoms with Gasteiger partial charge in [-0.15, -0.1) is 0 Å². The standard InChI is InChI=1S/C17H25N3O2/c1-3-5-7-11-19(12-8-6-4-2)16-10-9-15(14-18)17(13-16)20(21)22/h9-10,13H,3-8,11-12H2,1-2H3. The summed E-state index contributed by atoms with van der Waals surface area (Å²) in [5.74, 6) is 0. The van der Waals surface area contributed by atoms with Gasteiger partial charge in [0.05, 0.1) is 4.92 Å². The second-order valence-corrected chi connectivity index (χ2v) is 5.47. The van der Waals surface area contributed by atoms with Crippen LogP contribution in [0.1, 0.15) is 57.9 Å². The maximum Gasteiger partial charge on any atom is 0.289 e. The molecule has 0 fully saturated rings. The number of nitro benzene ring substituents is 1. The number of unbranched alkanes of at least 4 members (excludes halogenated alkanes) is 4. The van der Waals surface area contributed by atoms with Gasteiger partial charge in [-0.05, 0) is 25.0 Å². The lowest BCUT2D eigenvalue weighted by Crippen LogP contribution is -2.25. The Morgan fingerprint density at radius 1 is 1.14 bits per heavy atom. The molecule has 0 aliphatic carbocycles. The third-order valence-corrected chi connectivity index (χ3v) is 3.73. The van der Waals surface area contributed by atoms with E-state index in [1.54, 1.807) is 6.07 Å². The molecule has 22 heavy (non-hydrogen) atoms. The zero-order chi connectivity index (χ0) is 16.4. The van der Waals surface area contributed by atoms with Crippen LogP contribution in [0.25, 0.3) is 0 Å². The van der Waals surface area contributed by atoms with E-state index in [0.29, 0.717) is 0 Å². The molecule has 0 saturated carbocycles. The predicted octanol–water partition coefficient (Wildman–Crippen LogP) is 4.65. The largest absolute Gasteiger partial charge is 0.371 e. The Hall–Kier alpha value is -2.09. The van der Waals surface area contributed by atoms with E-state index in [0.717, 1.165) is 57.3 Å². The van der Waals surface area contributed by atoms with Crippen LogP contribution in [0.3, 0.4) is 0 Å². The number of hydrogen-bond acceptors (Lipinski definition) is 4. The van der Waals surface area contributed by atoms with E-state index in [-0.39, 0.29) is 11.3 Å². The first-order valence-corrected chi connectivity index (χ1v) is 8.07. The second-order valence-electron chi connectivity index (χ2n) is 5.47. The van der Waals surface area contributed by atoms with Crippen molar-refractivity contribution >= 4 is 11.4 Å². The summed E-state index contributed by atoms with van der Waals surface area (Å²) in [6.07, 6.45) is 6.77. The Morgan fingerprint density at radius 2 is 1.73 bits per heavy atom. The van der Waals surface area contributed by atoms with Crippen LogP contribution in [0.2, 0.25) is 0 Å². The van der Waals surface area contributed by atoms with Crippen LogP contribution in [0.15, 0.2) is 18.2 Å². The quantitative estimate of drug-likeness (QED) is 0.358. The Balaban J connectivity index is 2.94. The van der Waals surface area contributed by atoms with Crippen molar-refractivity contribution in [2.45, 2.75) is 52.4 Å². The zero-order valence-electron chi connectivity index (χ0n) is 13.5. The maximum atomic E-state index is 11.1. The molecule has 5 nitrogen and oxygen atoms in total. The lowest BCUT2D eigenvalue weighted by Gasteiger charge is -2.25. The van der Waals surface area contributed by atoms with Gasteiger partial charge in [-0.25, -0.2) is 0 Å². The van der Waals surface area contributed by atoms with Crippen LogP contribution in [0.5, 0.6) is 0 Å². The average molecular weight is 303 g/mol. The molecule has 1 rings (SSSR count). The summed E-state index contributed by atoms with van der Waals surface area (Å²) in [7, 11) is 0. The lowest BCUT2D eigenvalue weighted by molar-refractivity contribution is -0.385. The summed E-state index contributed by atoms with van der Waals surface area (Å²) in [4.78, 5) is 12.8. The van der Waals surface area contributed by atoms with Crippen molar-refractivity contribution in [1.29, 1.82) is 5.26 Å². The summed E-state index contributed by atoms with van der Waals surface area (Å²) in [5.41, 5.74) is 0.865. The van der Waals surface area contributed by atoms with Crippen molar-refractivity contribution in [3.8, 4) is 6.07 Å². The molecule has 0 saturated heterocycles. The topological polar surface area (TPSA) is 70.2 Å². The fraction of sp³-hybridized carbons (Fsp3) is 0.588. The van der Waals surface area contributed by atoms with Gasteiger partial charge in [0.25, 0.3) is 5.69 Å². The van der Waals surface area contributed by atoms with Crippen molar-refractivity contribution in [3.63, 3.8) is 0 Å². The number of benzene rings is 1. The molecule has 120 valence electrons. The molecular weight excluding hydrogens is 278 g/mol. The van der Waals surface area contributed by atoms with Crippen LogP contribution in [-0.2, 0) is 0 Å². The highest BCUT2D eigenvalue weighted by molar-refractivity contribution is 5.60. The van der Waals surface area contributed by atoms with Gasteiger partial charge in [0.15, 0.2) is 0 Å². The molecule has 0 radical (unpaired) electrons. The van der Waals surface area contributed by atoms with Gasteiger partial charge in [-0.1, -0.05) is 39.5 Å². The van der Waals surface area contributed by atoms with Crippen LogP contribution in [0.4, 0.5) is 11.4 Å². The van der Waals surface area contributed by atoms with Crippen molar-refractivity contribution in [2.75, 3.05) is 18.0 Å². The van der Waals surface area contributed by atoms with E-state index >= 15 is 0 Å². The van der Waals surface area contributed by atoms with E-state index in [1.807, 2.05) is 12.1 Å². The maximum absolute atomic E-state index is 11.1. The third kappa shape index (κ3) is 5.36. The molecule has 0 aliphatic rings. The minimum atomic E-state index is -0.474. The fourth-order valence-corrected chi connectivity index (χ4v) is 2.44. The molecule has 0 amide bonds. The smallest absolute Gasteiger partial charge is 0.289 e. The fourth-order valence-electron chi connectivity index (χ4n) is 2.44. The van der Waals surface area contributed by atoms with Crippen molar-refractivity contribution in [2.24, 2.45) is 0 Å². The minimum Gasteiger partial charge on any atom is -0.371 e. The predicted molar refractivity (Wildman–Crippen MR) is 89.1 cm³/mol. The minimum absolute atomic E-state index is 0.101. The summed E-state index contributed by atoms with van der Waals surface area (Å²) >= 11 is 0. The first-order valence-electron chi connectivity index (χ1n) is 8.07. The van der Waals surface area contributed by atoms with Crippen LogP contribution >= 0.6 is 0 Å². The average Bonchev–Trinajstić information content (AvgIpc) is 2.53. The first kappa shape index (κ1) is 18.0. The Labute approximate surface area is 132 Å². The summed E-state index contributed by atoms with van der Waals surface area (Å²) in [6.45, 7) is 6.13. The van der Waals surface area contributed by atoms with Gasteiger partial charge >= 0.3 is 0 Å². The number of hydrogen-bond donors (Lipinski definition) is 0. The molecule has 0 unspecified atom stereocenters. The highest BCUT2D eigenvalue weighted by Crippen LogP contribution is 2.26. The molecule has 0 spiro atoms. The van der Waals surface area contributed by atoms with Gasteiger partial charge in [0, 0.05) is 24.8 Å². The van der Waals surface area contributed by atoms with Crippen LogP contribution in [0, 0.1) is 21.4 Å². The van der Waals surface area contributed by atoms with E-state index in [2.05, 4.69) is 18.7 Å². The van der Waals surface area contributed by atoms with E-state index in [9.17, 15) is 10.1 Å². The Bertz CT molecular complexity index is 513. The van der Waals surface area contributed by atoms with Crippen molar-refractivity contribution < 1.29 is 4.92 Å². The molecule has 0 heterocycles. The highest BCUT2D eigenvalue weighted by Gasteiger charge is 2.16. The monoisotopic (exact) mass is 303 g/mol. The Morgan fingerprint density at radius 3 is 2.18 bits per heavy atom. The molecule has 0 aromatic heterocycles. The molecule has 0 bridgehead atoms. The van der Waals surface area contributed by atoms with Crippen molar-refractivity contribution in [1.82, 2.24) is 0 Å². The summed E-state index contributed by atoms with van der Waals surface area (Å²) < 4.78 is 0. The molecule has 0 aliphatic heterocycles. The third-order valence-electron chi connectivity index (χ3n) is 3.73. The number of nitriles is 1. The first-order chi connectivity index (χ1) is 10.6. The SMILES string of the molecule is CCCCCN(CCCCC)c1ccc(C#N)c([N+](=O)[O-])c1. The molecular formula is C17H25N3O2. The van der Waals surface area contributed by atoms with Gasteiger partial charge in [0.1, 0.15) is 11.6 Å². The molecule has 1 aromatic rings. The van der Waals surface area contributed by atoms with Crippen LogP contribution < -0.4 is 4.90 Å². The number of nitrogens with zero attached hydrogens (tertiary/aromatic N) is 3. The van der Waals surface area contributed by atoms with E-state index in [1.165, 1.54) is 6.07 Å². The molecule has 1 aromatic carbocycles. The summed E-state index contributed by atoms with van der Waals surface area (Å²) in [5, 5.41) is 20.1. The van der Waals surface area contributed by atoms with E-state index < -0.39 is 4.92 Å². The normalized spacial score (nSPS) is 10.2. The number of rotatable bonds is 10. The zero-order valence-corrected chi connectivity index (χ0v) is 13.5. The number of nitro groups is 1. The molecule has 0 N–H and O–H groups in total. The van der Waals surface area contributed by atoms with Gasteiger partial charge < -0.3 is 4.90 Å². The van der Waals surface area contributed by atoms with Gasteiger partial charge in [0.2, 0.25) is 0 Å².